The molecule has 4 nitrogen and oxygen atoms in total. The van der Waals surface area contributed by atoms with E-state index in [4.69, 9.17) is 0 Å². The number of carbonyl (C=O) groups is 1. The number of imidazole rings is 1. The summed E-state index contributed by atoms with van der Waals surface area (Å²) in [4.78, 5) is 20.7. The molecule has 0 aliphatic heterocycles. The Morgan fingerprint density at radius 2 is 1.82 bits per heavy atom. The van der Waals surface area contributed by atoms with Gasteiger partial charge in [0.15, 0.2) is 0 Å². The van der Waals surface area contributed by atoms with Crippen LogP contribution in [0.3, 0.4) is 0 Å². The Labute approximate surface area is 171 Å². The van der Waals surface area contributed by atoms with Crippen molar-refractivity contribution in [3.8, 4) is 0 Å². The van der Waals surface area contributed by atoms with Crippen LogP contribution in [0.2, 0.25) is 0 Å². The fraction of sp³-hybridized carbons (Fsp3) is 0.652. The van der Waals surface area contributed by atoms with Crippen molar-refractivity contribution in [1.29, 1.82) is 0 Å². The zero-order valence-corrected chi connectivity index (χ0v) is 17.7. The van der Waals surface area contributed by atoms with Gasteiger partial charge in [0.1, 0.15) is 5.82 Å². The predicted octanol–water partition coefficient (Wildman–Crippen LogP) is 5.08. The van der Waals surface area contributed by atoms with E-state index in [1.54, 1.807) is 11.8 Å². The first-order valence-corrected chi connectivity index (χ1v) is 11.9. The summed E-state index contributed by atoms with van der Waals surface area (Å²) in [5.74, 6) is 4.40. The largest absolute Gasteiger partial charge is 0.352 e. The number of hydrogen-bond donors (Lipinski definition) is 2. The van der Waals surface area contributed by atoms with E-state index >= 15 is 0 Å². The summed E-state index contributed by atoms with van der Waals surface area (Å²) in [5.41, 5.74) is 2.43. The summed E-state index contributed by atoms with van der Waals surface area (Å²) < 4.78 is 0. The Morgan fingerprint density at radius 1 is 1.18 bits per heavy atom. The molecule has 0 saturated heterocycles. The van der Waals surface area contributed by atoms with Crippen molar-refractivity contribution in [2.75, 3.05) is 5.75 Å². The standard InChI is InChI=1S/C23H31N3OS/c1-14(22-25-19-5-3-4-6-20(19)26-22)28-13-21(27)24-15(2)23-10-16-7-17(11-23)9-18(8-16)12-23/h3-6,14-18H,7-13H2,1-2H3,(H,24,27)(H,25,26). The van der Waals surface area contributed by atoms with Crippen molar-refractivity contribution in [1.82, 2.24) is 15.3 Å². The monoisotopic (exact) mass is 397 g/mol. The van der Waals surface area contributed by atoms with Crippen LogP contribution in [0.4, 0.5) is 0 Å². The maximum absolute atomic E-state index is 12.7. The predicted molar refractivity (Wildman–Crippen MR) is 115 cm³/mol. The lowest BCUT2D eigenvalue weighted by Gasteiger charge is -2.59. The van der Waals surface area contributed by atoms with Gasteiger partial charge in [0.25, 0.3) is 0 Å². The zero-order valence-electron chi connectivity index (χ0n) is 16.9. The number of aromatic nitrogens is 2. The molecule has 150 valence electrons. The highest BCUT2D eigenvalue weighted by Crippen LogP contribution is 2.61. The molecule has 4 aliphatic carbocycles. The minimum atomic E-state index is 0.174. The summed E-state index contributed by atoms with van der Waals surface area (Å²) in [6.07, 6.45) is 8.36. The van der Waals surface area contributed by atoms with Gasteiger partial charge >= 0.3 is 0 Å². The van der Waals surface area contributed by atoms with Crippen LogP contribution < -0.4 is 5.32 Å². The van der Waals surface area contributed by atoms with Crippen LogP contribution >= 0.6 is 11.8 Å². The van der Waals surface area contributed by atoms with Gasteiger partial charge in [-0.15, -0.1) is 11.8 Å². The number of aromatic amines is 1. The minimum Gasteiger partial charge on any atom is -0.352 e. The van der Waals surface area contributed by atoms with Gasteiger partial charge < -0.3 is 10.3 Å². The summed E-state index contributed by atoms with van der Waals surface area (Å²) >= 11 is 1.67. The maximum Gasteiger partial charge on any atom is 0.230 e. The molecule has 28 heavy (non-hydrogen) atoms. The molecule has 0 radical (unpaired) electrons. The molecule has 4 saturated carbocycles. The number of nitrogens with one attached hydrogen (secondary N) is 2. The number of para-hydroxylation sites is 2. The van der Waals surface area contributed by atoms with Crippen molar-refractivity contribution in [3.63, 3.8) is 0 Å². The van der Waals surface area contributed by atoms with Gasteiger partial charge in [-0.05, 0) is 87.7 Å². The summed E-state index contributed by atoms with van der Waals surface area (Å²) in [7, 11) is 0. The van der Waals surface area contributed by atoms with Crippen LogP contribution in [0.1, 0.15) is 63.4 Å². The van der Waals surface area contributed by atoms with E-state index in [-0.39, 0.29) is 11.2 Å². The average Bonchev–Trinajstić information content (AvgIpc) is 3.09. The SMILES string of the molecule is CC(SCC(=O)NC(C)C12CC3CC(CC(C3)C1)C2)c1nc2ccccc2[nH]1. The zero-order chi connectivity index (χ0) is 19.3. The third-order valence-electron chi connectivity index (χ3n) is 7.64. The number of thioether (sulfide) groups is 1. The van der Waals surface area contributed by atoms with Crippen molar-refractivity contribution in [2.24, 2.45) is 23.2 Å². The van der Waals surface area contributed by atoms with E-state index in [1.165, 1.54) is 38.5 Å². The van der Waals surface area contributed by atoms with E-state index in [1.807, 2.05) is 24.3 Å². The first-order valence-electron chi connectivity index (χ1n) is 10.9. The number of H-pyrrole nitrogens is 1. The third-order valence-corrected chi connectivity index (χ3v) is 8.79. The number of benzene rings is 1. The van der Waals surface area contributed by atoms with E-state index in [2.05, 4.69) is 29.1 Å². The van der Waals surface area contributed by atoms with Crippen LogP contribution in [-0.2, 0) is 4.79 Å². The van der Waals surface area contributed by atoms with Gasteiger partial charge in [-0.25, -0.2) is 4.98 Å². The highest BCUT2D eigenvalue weighted by atomic mass is 32.2. The minimum absolute atomic E-state index is 0.174. The van der Waals surface area contributed by atoms with Gasteiger partial charge in [0.2, 0.25) is 5.91 Å². The van der Waals surface area contributed by atoms with Gasteiger partial charge in [-0.1, -0.05) is 12.1 Å². The Kier molecular flexibility index (Phi) is 4.69. The second kappa shape index (κ2) is 7.08. The average molecular weight is 398 g/mol. The highest BCUT2D eigenvalue weighted by Gasteiger charge is 2.53. The van der Waals surface area contributed by atoms with Crippen molar-refractivity contribution in [3.05, 3.63) is 30.1 Å². The van der Waals surface area contributed by atoms with E-state index < -0.39 is 0 Å². The Morgan fingerprint density at radius 3 is 2.46 bits per heavy atom. The Bertz CT molecular complexity index is 807. The molecule has 1 heterocycles. The highest BCUT2D eigenvalue weighted by molar-refractivity contribution is 8.00. The molecule has 5 heteroatoms. The molecule has 1 amide bonds. The van der Waals surface area contributed by atoms with Gasteiger partial charge in [0, 0.05) is 6.04 Å². The van der Waals surface area contributed by atoms with Crippen LogP contribution in [0.15, 0.2) is 24.3 Å². The van der Waals surface area contributed by atoms with E-state index in [0.29, 0.717) is 17.2 Å². The molecular formula is C23H31N3OS. The van der Waals surface area contributed by atoms with Crippen LogP contribution in [0, 0.1) is 23.2 Å². The number of nitrogens with zero attached hydrogens (tertiary/aromatic N) is 1. The fourth-order valence-corrected chi connectivity index (χ4v) is 7.34. The lowest BCUT2D eigenvalue weighted by Crippen LogP contribution is -2.56. The first-order chi connectivity index (χ1) is 13.5. The number of hydrogen-bond acceptors (Lipinski definition) is 3. The number of fused-ring (bicyclic) bond motifs is 1. The number of rotatable bonds is 6. The van der Waals surface area contributed by atoms with E-state index in [9.17, 15) is 4.79 Å². The smallest absolute Gasteiger partial charge is 0.230 e. The Balaban J connectivity index is 1.17. The lowest BCUT2D eigenvalue weighted by molar-refractivity contribution is -0.123. The number of carbonyl (C=O) groups excluding carboxylic acids is 1. The van der Waals surface area contributed by atoms with Gasteiger partial charge in [-0.2, -0.15) is 0 Å². The summed E-state index contributed by atoms with van der Waals surface area (Å²) in [5, 5.41) is 3.55. The Hall–Kier alpha value is -1.49. The molecule has 4 bridgehead atoms. The molecule has 2 N–H and O–H groups in total. The van der Waals surface area contributed by atoms with Crippen LogP contribution in [0.5, 0.6) is 0 Å². The molecule has 2 unspecified atom stereocenters. The van der Waals surface area contributed by atoms with Crippen LogP contribution in [0.25, 0.3) is 11.0 Å². The summed E-state index contributed by atoms with van der Waals surface area (Å²) in [6.45, 7) is 4.39. The second-order valence-electron chi connectivity index (χ2n) is 9.66. The molecule has 0 spiro atoms. The normalized spacial score (nSPS) is 33.1. The number of amides is 1. The molecule has 1 aromatic carbocycles. The molecule has 2 aromatic rings. The molecule has 6 rings (SSSR count). The van der Waals surface area contributed by atoms with Gasteiger partial charge in [-0.3, -0.25) is 4.79 Å². The lowest BCUT2D eigenvalue weighted by atomic mass is 9.48. The van der Waals surface area contributed by atoms with E-state index in [0.717, 1.165) is 34.6 Å². The molecule has 4 aliphatic rings. The fourth-order valence-electron chi connectivity index (χ4n) is 6.59. The topological polar surface area (TPSA) is 57.8 Å². The van der Waals surface area contributed by atoms with Crippen molar-refractivity contribution < 1.29 is 4.79 Å². The van der Waals surface area contributed by atoms with Crippen LogP contribution in [-0.4, -0.2) is 27.7 Å². The molecule has 4 fully saturated rings. The van der Waals surface area contributed by atoms with Crippen molar-refractivity contribution >= 4 is 28.7 Å². The molecule has 1 aromatic heterocycles. The molecular weight excluding hydrogens is 366 g/mol. The third kappa shape index (κ3) is 3.36. The second-order valence-corrected chi connectivity index (χ2v) is 11.0. The first kappa shape index (κ1) is 18.5. The maximum atomic E-state index is 12.7. The van der Waals surface area contributed by atoms with Gasteiger partial charge in [0.05, 0.1) is 22.0 Å². The molecule has 2 atom stereocenters. The summed E-state index contributed by atoms with van der Waals surface area (Å²) in [6, 6.07) is 8.39. The van der Waals surface area contributed by atoms with Crippen molar-refractivity contribution in [2.45, 2.75) is 63.7 Å². The quantitative estimate of drug-likeness (QED) is 0.715.